The maximum atomic E-state index is 10.0. The molecule has 0 radical (unpaired) electrons. The topological polar surface area (TPSA) is 29.5 Å². The number of hydrogen-bond acceptors (Lipinski definition) is 2. The molecule has 1 unspecified atom stereocenters. The van der Waals surface area contributed by atoms with Gasteiger partial charge < -0.3 is 9.84 Å². The molecule has 0 saturated carbocycles. The van der Waals surface area contributed by atoms with E-state index in [4.69, 9.17) is 4.74 Å². The van der Waals surface area contributed by atoms with E-state index in [-0.39, 0.29) is 6.10 Å². The predicted molar refractivity (Wildman–Crippen MR) is 66.8 cm³/mol. The van der Waals surface area contributed by atoms with Gasteiger partial charge in [-0.05, 0) is 42.0 Å². The van der Waals surface area contributed by atoms with Gasteiger partial charge in [0.25, 0.3) is 0 Å². The zero-order valence-electron chi connectivity index (χ0n) is 10.7. The maximum absolute atomic E-state index is 10.0. The van der Waals surface area contributed by atoms with Crippen LogP contribution in [0.2, 0.25) is 0 Å². The first kappa shape index (κ1) is 13.0. The van der Waals surface area contributed by atoms with Crippen LogP contribution in [0, 0.1) is 5.92 Å². The first-order chi connectivity index (χ1) is 7.58. The molecule has 0 aromatic heterocycles. The third kappa shape index (κ3) is 3.24. The number of aryl methyl sites for hydroxylation is 1. The van der Waals surface area contributed by atoms with Crippen LogP contribution in [0.25, 0.3) is 0 Å². The van der Waals surface area contributed by atoms with Crippen molar-refractivity contribution in [3.8, 4) is 5.75 Å². The van der Waals surface area contributed by atoms with Crippen molar-refractivity contribution in [2.24, 2.45) is 5.92 Å². The molecule has 2 heteroatoms. The second kappa shape index (κ2) is 5.90. The van der Waals surface area contributed by atoms with Gasteiger partial charge in [0.2, 0.25) is 0 Å². The first-order valence-electron chi connectivity index (χ1n) is 5.93. The van der Waals surface area contributed by atoms with Crippen LogP contribution in [0.4, 0.5) is 0 Å². The molecule has 1 N–H and O–H groups in total. The maximum Gasteiger partial charge on any atom is 0.122 e. The molecule has 0 heterocycles. The van der Waals surface area contributed by atoms with Crippen molar-refractivity contribution in [3.63, 3.8) is 0 Å². The Hall–Kier alpha value is -1.02. The van der Waals surface area contributed by atoms with E-state index in [1.54, 1.807) is 7.11 Å². The number of rotatable bonds is 5. The minimum Gasteiger partial charge on any atom is -0.496 e. The number of aliphatic hydroxyl groups excluding tert-OH is 1. The van der Waals surface area contributed by atoms with Gasteiger partial charge in [0.1, 0.15) is 5.75 Å². The average molecular weight is 222 g/mol. The lowest BCUT2D eigenvalue weighted by molar-refractivity contribution is 0.151. The van der Waals surface area contributed by atoms with Gasteiger partial charge in [0.05, 0.1) is 13.2 Å². The van der Waals surface area contributed by atoms with Crippen LogP contribution in [0.1, 0.15) is 44.4 Å². The standard InChI is InChI=1S/C14H22O2/c1-5-11-9-12(6-7-14(11)16-4)13(15)8-10(2)3/h6-7,9-10,13,15H,5,8H2,1-4H3. The Labute approximate surface area is 98.3 Å². The summed E-state index contributed by atoms with van der Waals surface area (Å²) in [7, 11) is 1.68. The molecule has 0 aliphatic heterocycles. The molecule has 0 aliphatic rings. The summed E-state index contributed by atoms with van der Waals surface area (Å²) in [6.07, 6.45) is 1.36. The number of methoxy groups -OCH3 is 1. The fourth-order valence-electron chi connectivity index (χ4n) is 1.86. The van der Waals surface area contributed by atoms with Gasteiger partial charge in [-0.2, -0.15) is 0 Å². The lowest BCUT2D eigenvalue weighted by Crippen LogP contribution is -2.03. The normalized spacial score (nSPS) is 12.9. The summed E-state index contributed by atoms with van der Waals surface area (Å²) >= 11 is 0. The highest BCUT2D eigenvalue weighted by Gasteiger charge is 2.11. The molecule has 1 rings (SSSR count). The molecule has 0 fully saturated rings. The van der Waals surface area contributed by atoms with Crippen LogP contribution >= 0.6 is 0 Å². The molecule has 0 saturated heterocycles. The summed E-state index contributed by atoms with van der Waals surface area (Å²) < 4.78 is 5.27. The molecule has 2 nitrogen and oxygen atoms in total. The minimum absolute atomic E-state index is 0.365. The molecular formula is C14H22O2. The molecule has 1 aromatic rings. The SMILES string of the molecule is CCc1cc(C(O)CC(C)C)ccc1OC. The van der Waals surface area contributed by atoms with Crippen molar-refractivity contribution in [1.82, 2.24) is 0 Å². The Morgan fingerprint density at radius 2 is 2.00 bits per heavy atom. The lowest BCUT2D eigenvalue weighted by Gasteiger charge is -2.15. The summed E-state index contributed by atoms with van der Waals surface area (Å²) in [6.45, 7) is 6.33. The third-order valence-corrected chi connectivity index (χ3v) is 2.76. The van der Waals surface area contributed by atoms with E-state index in [9.17, 15) is 5.11 Å². The van der Waals surface area contributed by atoms with Crippen molar-refractivity contribution >= 4 is 0 Å². The summed E-state index contributed by atoms with van der Waals surface area (Å²) in [5.41, 5.74) is 2.15. The summed E-state index contributed by atoms with van der Waals surface area (Å²) in [5, 5.41) is 10.0. The second-order valence-corrected chi connectivity index (χ2v) is 4.57. The van der Waals surface area contributed by atoms with Crippen LogP contribution in [0.5, 0.6) is 5.75 Å². The minimum atomic E-state index is -0.365. The van der Waals surface area contributed by atoms with Crippen molar-refractivity contribution in [2.75, 3.05) is 7.11 Å². The molecule has 0 bridgehead atoms. The predicted octanol–water partition coefficient (Wildman–Crippen LogP) is 3.34. The van der Waals surface area contributed by atoms with E-state index in [1.807, 2.05) is 18.2 Å². The van der Waals surface area contributed by atoms with Crippen molar-refractivity contribution in [3.05, 3.63) is 29.3 Å². The van der Waals surface area contributed by atoms with Gasteiger partial charge in [-0.25, -0.2) is 0 Å². The van der Waals surface area contributed by atoms with Crippen LogP contribution in [-0.4, -0.2) is 12.2 Å². The Morgan fingerprint density at radius 1 is 1.31 bits per heavy atom. The van der Waals surface area contributed by atoms with Gasteiger partial charge in [0, 0.05) is 0 Å². The average Bonchev–Trinajstić information content (AvgIpc) is 2.27. The third-order valence-electron chi connectivity index (χ3n) is 2.76. The Balaban J connectivity index is 2.89. The zero-order chi connectivity index (χ0) is 12.1. The second-order valence-electron chi connectivity index (χ2n) is 4.57. The summed E-state index contributed by atoms with van der Waals surface area (Å²) in [4.78, 5) is 0. The zero-order valence-corrected chi connectivity index (χ0v) is 10.7. The fourth-order valence-corrected chi connectivity index (χ4v) is 1.86. The Morgan fingerprint density at radius 3 is 2.50 bits per heavy atom. The number of hydrogen-bond donors (Lipinski definition) is 1. The van der Waals surface area contributed by atoms with E-state index in [2.05, 4.69) is 20.8 Å². The van der Waals surface area contributed by atoms with Gasteiger partial charge in [-0.3, -0.25) is 0 Å². The Bertz CT molecular complexity index is 332. The van der Waals surface area contributed by atoms with Gasteiger partial charge in [-0.1, -0.05) is 26.8 Å². The number of ether oxygens (including phenoxy) is 1. The van der Waals surface area contributed by atoms with E-state index in [0.29, 0.717) is 5.92 Å². The molecule has 0 spiro atoms. The van der Waals surface area contributed by atoms with Gasteiger partial charge >= 0.3 is 0 Å². The van der Waals surface area contributed by atoms with Crippen molar-refractivity contribution in [2.45, 2.75) is 39.7 Å². The van der Waals surface area contributed by atoms with E-state index >= 15 is 0 Å². The van der Waals surface area contributed by atoms with Crippen molar-refractivity contribution < 1.29 is 9.84 Å². The number of aliphatic hydroxyl groups is 1. The monoisotopic (exact) mass is 222 g/mol. The molecular weight excluding hydrogens is 200 g/mol. The molecule has 90 valence electrons. The Kier molecular flexibility index (Phi) is 4.81. The summed E-state index contributed by atoms with van der Waals surface area (Å²) in [6, 6.07) is 5.94. The van der Waals surface area contributed by atoms with Crippen LogP contribution in [-0.2, 0) is 6.42 Å². The van der Waals surface area contributed by atoms with Crippen LogP contribution in [0.3, 0.4) is 0 Å². The van der Waals surface area contributed by atoms with Crippen molar-refractivity contribution in [1.29, 1.82) is 0 Å². The van der Waals surface area contributed by atoms with E-state index in [0.717, 1.165) is 29.7 Å². The fraction of sp³-hybridized carbons (Fsp3) is 0.571. The highest BCUT2D eigenvalue weighted by Crippen LogP contribution is 2.26. The van der Waals surface area contributed by atoms with E-state index < -0.39 is 0 Å². The first-order valence-corrected chi connectivity index (χ1v) is 5.93. The molecule has 0 aliphatic carbocycles. The molecule has 1 atom stereocenters. The van der Waals surface area contributed by atoms with Gasteiger partial charge in [-0.15, -0.1) is 0 Å². The largest absolute Gasteiger partial charge is 0.496 e. The summed E-state index contributed by atoms with van der Waals surface area (Å²) in [5.74, 6) is 1.41. The highest BCUT2D eigenvalue weighted by molar-refractivity contribution is 5.38. The smallest absolute Gasteiger partial charge is 0.122 e. The molecule has 16 heavy (non-hydrogen) atoms. The van der Waals surface area contributed by atoms with Gasteiger partial charge in [0.15, 0.2) is 0 Å². The van der Waals surface area contributed by atoms with Crippen LogP contribution in [0.15, 0.2) is 18.2 Å². The molecule has 0 amide bonds. The molecule has 1 aromatic carbocycles. The quantitative estimate of drug-likeness (QED) is 0.828. The lowest BCUT2D eigenvalue weighted by atomic mass is 9.97. The van der Waals surface area contributed by atoms with Crippen LogP contribution < -0.4 is 4.74 Å². The van der Waals surface area contributed by atoms with E-state index in [1.165, 1.54) is 0 Å². The highest BCUT2D eigenvalue weighted by atomic mass is 16.5. The number of benzene rings is 1.